The van der Waals surface area contributed by atoms with Crippen LogP contribution in [0.25, 0.3) is 11.0 Å². The number of hydrogen-bond donors (Lipinski definition) is 1. The molecule has 1 aromatic heterocycles. The Morgan fingerprint density at radius 2 is 2.04 bits per heavy atom. The molecule has 2 aromatic carbocycles. The number of hydrogen-bond acceptors (Lipinski definition) is 2. The molecule has 0 fully saturated rings. The van der Waals surface area contributed by atoms with E-state index in [9.17, 15) is 4.79 Å². The number of rotatable bonds is 5. The largest absolute Gasteiger partial charge is 0.345 e. The van der Waals surface area contributed by atoms with Crippen molar-refractivity contribution in [1.29, 1.82) is 0 Å². The van der Waals surface area contributed by atoms with Gasteiger partial charge < -0.3 is 9.88 Å². The van der Waals surface area contributed by atoms with Crippen molar-refractivity contribution in [2.75, 3.05) is 0 Å². The van der Waals surface area contributed by atoms with Crippen LogP contribution >= 0.6 is 27.5 Å². The van der Waals surface area contributed by atoms with Crippen LogP contribution in [0.5, 0.6) is 0 Å². The molecule has 24 heavy (non-hydrogen) atoms. The molecule has 0 aliphatic heterocycles. The number of para-hydroxylation sites is 2. The summed E-state index contributed by atoms with van der Waals surface area (Å²) in [5.74, 6) is 0.584. The van der Waals surface area contributed by atoms with Gasteiger partial charge in [0.15, 0.2) is 0 Å². The van der Waals surface area contributed by atoms with E-state index in [1.54, 1.807) is 24.3 Å². The number of carbonyl (C=O) groups is 1. The van der Waals surface area contributed by atoms with Gasteiger partial charge in [0.1, 0.15) is 5.82 Å². The molecule has 3 rings (SSSR count). The van der Waals surface area contributed by atoms with Crippen molar-refractivity contribution in [2.24, 2.45) is 0 Å². The molecule has 0 bridgehead atoms. The first-order chi connectivity index (χ1) is 11.5. The molecule has 0 aliphatic rings. The van der Waals surface area contributed by atoms with Crippen molar-refractivity contribution in [1.82, 2.24) is 14.9 Å². The van der Waals surface area contributed by atoms with E-state index >= 15 is 0 Å². The lowest BCUT2D eigenvalue weighted by molar-refractivity contribution is 0.0949. The van der Waals surface area contributed by atoms with E-state index in [0.29, 0.717) is 23.7 Å². The summed E-state index contributed by atoms with van der Waals surface area (Å²) in [5, 5.41) is 3.42. The average Bonchev–Trinajstić information content (AvgIpc) is 2.90. The molecule has 122 valence electrons. The van der Waals surface area contributed by atoms with Crippen LogP contribution in [-0.2, 0) is 13.1 Å². The van der Waals surface area contributed by atoms with Crippen LogP contribution in [0.1, 0.15) is 16.2 Å². The molecular formula is C18H15BrClN3O. The zero-order valence-corrected chi connectivity index (χ0v) is 15.1. The number of nitrogens with one attached hydrogen (secondary N) is 1. The summed E-state index contributed by atoms with van der Waals surface area (Å²) >= 11 is 9.33. The Hall–Kier alpha value is -2.11. The first-order valence-corrected chi connectivity index (χ1v) is 8.53. The van der Waals surface area contributed by atoms with Gasteiger partial charge in [-0.1, -0.05) is 52.3 Å². The summed E-state index contributed by atoms with van der Waals surface area (Å²) in [6, 6.07) is 14.7. The monoisotopic (exact) mass is 403 g/mol. The van der Waals surface area contributed by atoms with Crippen LogP contribution in [0.2, 0.25) is 5.02 Å². The maximum absolute atomic E-state index is 12.3. The van der Waals surface area contributed by atoms with E-state index in [2.05, 4.69) is 32.8 Å². The van der Waals surface area contributed by atoms with Crippen molar-refractivity contribution >= 4 is 44.5 Å². The molecule has 0 saturated carbocycles. The smallest absolute Gasteiger partial charge is 0.251 e. The number of halogens is 2. The zero-order chi connectivity index (χ0) is 17.1. The van der Waals surface area contributed by atoms with Crippen LogP contribution < -0.4 is 5.32 Å². The lowest BCUT2D eigenvalue weighted by atomic mass is 10.2. The minimum absolute atomic E-state index is 0.186. The summed E-state index contributed by atoms with van der Waals surface area (Å²) < 4.78 is 2.87. The number of fused-ring (bicyclic) bond motifs is 1. The second kappa shape index (κ2) is 7.20. The van der Waals surface area contributed by atoms with E-state index in [4.69, 9.17) is 11.6 Å². The molecule has 0 unspecified atom stereocenters. The van der Waals surface area contributed by atoms with E-state index in [-0.39, 0.29) is 5.91 Å². The lowest BCUT2D eigenvalue weighted by Gasteiger charge is -2.09. The van der Waals surface area contributed by atoms with Gasteiger partial charge in [-0.2, -0.15) is 0 Å². The number of carbonyl (C=O) groups excluding carboxylic acids is 1. The van der Waals surface area contributed by atoms with Gasteiger partial charge in [-0.3, -0.25) is 4.79 Å². The first kappa shape index (κ1) is 16.7. The number of imidazole rings is 1. The highest BCUT2D eigenvalue weighted by molar-refractivity contribution is 9.11. The topological polar surface area (TPSA) is 46.9 Å². The van der Waals surface area contributed by atoms with E-state index in [1.165, 1.54) is 0 Å². The van der Waals surface area contributed by atoms with Crippen molar-refractivity contribution < 1.29 is 4.79 Å². The van der Waals surface area contributed by atoms with Crippen LogP contribution in [0.3, 0.4) is 0 Å². The van der Waals surface area contributed by atoms with Crippen molar-refractivity contribution in [3.05, 3.63) is 76.0 Å². The highest BCUT2D eigenvalue weighted by atomic mass is 79.9. The molecule has 0 radical (unpaired) electrons. The predicted octanol–water partition coefficient (Wildman–Crippen LogP) is 4.53. The Morgan fingerprint density at radius 3 is 2.79 bits per heavy atom. The molecule has 0 spiro atoms. The third-order valence-electron chi connectivity index (χ3n) is 3.56. The molecule has 0 saturated heterocycles. The number of amides is 1. The Morgan fingerprint density at radius 1 is 1.25 bits per heavy atom. The summed E-state index contributed by atoms with van der Waals surface area (Å²) in [5.41, 5.74) is 2.42. The van der Waals surface area contributed by atoms with Gasteiger partial charge in [-0.25, -0.2) is 4.98 Å². The van der Waals surface area contributed by atoms with Gasteiger partial charge in [0.25, 0.3) is 5.91 Å². The summed E-state index contributed by atoms with van der Waals surface area (Å²) in [7, 11) is 0. The van der Waals surface area contributed by atoms with Gasteiger partial charge in [0.05, 0.1) is 24.1 Å². The maximum atomic E-state index is 12.3. The fourth-order valence-corrected chi connectivity index (χ4v) is 2.94. The predicted molar refractivity (Wildman–Crippen MR) is 100 cm³/mol. The Labute approximate surface area is 153 Å². The molecule has 1 heterocycles. The second-order valence-electron chi connectivity index (χ2n) is 5.31. The molecule has 6 heteroatoms. The van der Waals surface area contributed by atoms with Gasteiger partial charge in [-0.05, 0) is 30.3 Å². The van der Waals surface area contributed by atoms with Gasteiger partial charge >= 0.3 is 0 Å². The lowest BCUT2D eigenvalue weighted by Crippen LogP contribution is -2.24. The minimum atomic E-state index is -0.186. The number of benzene rings is 2. The number of aromatic nitrogens is 2. The third-order valence-corrected chi connectivity index (χ3v) is 4.04. The molecule has 4 nitrogen and oxygen atoms in total. The second-order valence-corrected chi connectivity index (χ2v) is 6.87. The number of allylic oxidation sites excluding steroid dienone is 1. The Balaban J connectivity index is 1.84. The molecule has 1 amide bonds. The Kier molecular flexibility index (Phi) is 5.02. The van der Waals surface area contributed by atoms with Crippen LogP contribution in [0, 0.1) is 0 Å². The molecule has 0 atom stereocenters. The standard InChI is InChI=1S/C18H15BrClN3O/c1-12(19)11-23-16-8-3-2-7-15(16)22-17(23)10-21-18(24)13-5-4-6-14(20)9-13/h2-9H,1,10-11H2,(H,21,24). The fourth-order valence-electron chi connectivity index (χ4n) is 2.50. The van der Waals surface area contributed by atoms with Gasteiger partial charge in [-0.15, -0.1) is 0 Å². The van der Waals surface area contributed by atoms with Crippen LogP contribution in [-0.4, -0.2) is 15.5 Å². The Bertz CT molecular complexity index is 920. The van der Waals surface area contributed by atoms with Crippen LogP contribution in [0.4, 0.5) is 0 Å². The zero-order valence-electron chi connectivity index (χ0n) is 12.8. The highest BCUT2D eigenvalue weighted by Gasteiger charge is 2.12. The van der Waals surface area contributed by atoms with Crippen molar-refractivity contribution in [3.8, 4) is 0 Å². The minimum Gasteiger partial charge on any atom is -0.345 e. The SMILES string of the molecule is C=C(Br)Cn1c(CNC(=O)c2cccc(Cl)c2)nc2ccccc21. The van der Waals surface area contributed by atoms with Crippen LogP contribution in [0.15, 0.2) is 59.6 Å². The quantitative estimate of drug-likeness (QED) is 0.679. The molecular weight excluding hydrogens is 390 g/mol. The molecule has 0 aliphatic carbocycles. The first-order valence-electron chi connectivity index (χ1n) is 7.36. The highest BCUT2D eigenvalue weighted by Crippen LogP contribution is 2.19. The van der Waals surface area contributed by atoms with Gasteiger partial charge in [0.2, 0.25) is 0 Å². The summed E-state index contributed by atoms with van der Waals surface area (Å²) in [4.78, 5) is 16.9. The van der Waals surface area contributed by atoms with E-state index in [1.807, 2.05) is 28.8 Å². The van der Waals surface area contributed by atoms with Crippen molar-refractivity contribution in [3.63, 3.8) is 0 Å². The van der Waals surface area contributed by atoms with E-state index < -0.39 is 0 Å². The average molecular weight is 405 g/mol. The number of nitrogens with zero attached hydrogens (tertiary/aromatic N) is 2. The summed E-state index contributed by atoms with van der Waals surface area (Å²) in [6.45, 7) is 4.80. The normalized spacial score (nSPS) is 10.8. The summed E-state index contributed by atoms with van der Waals surface area (Å²) in [6.07, 6.45) is 0. The molecule has 1 N–H and O–H groups in total. The third kappa shape index (κ3) is 3.68. The maximum Gasteiger partial charge on any atom is 0.251 e. The van der Waals surface area contributed by atoms with E-state index in [0.717, 1.165) is 21.3 Å². The molecule has 3 aromatic rings. The van der Waals surface area contributed by atoms with Gasteiger partial charge in [0, 0.05) is 15.1 Å². The van der Waals surface area contributed by atoms with Crippen molar-refractivity contribution in [2.45, 2.75) is 13.1 Å². The fraction of sp³-hybridized carbons (Fsp3) is 0.111.